The largest absolute Gasteiger partial charge is 0.277 e. The van der Waals surface area contributed by atoms with Gasteiger partial charge in [0.15, 0.2) is 0 Å². The minimum Gasteiger partial charge on any atom is -0.277 e. The molecule has 1 fully saturated rings. The lowest BCUT2D eigenvalue weighted by Crippen LogP contribution is -2.45. The van der Waals surface area contributed by atoms with E-state index in [1.165, 1.54) is 0 Å². The number of hydrogen-bond donors (Lipinski definition) is 0. The van der Waals surface area contributed by atoms with Crippen molar-refractivity contribution in [2.75, 3.05) is 6.54 Å². The SMILES string of the molecule is CC1CC(=O)N(CC(F)F)C(=O)C1. The molecule has 0 atom stereocenters. The summed E-state index contributed by atoms with van der Waals surface area (Å²) >= 11 is 0. The summed E-state index contributed by atoms with van der Waals surface area (Å²) in [6, 6.07) is 0. The maximum absolute atomic E-state index is 11.9. The predicted octanol–water partition coefficient (Wildman–Crippen LogP) is 1.04. The van der Waals surface area contributed by atoms with Gasteiger partial charge in [-0.15, -0.1) is 0 Å². The molecule has 1 rings (SSSR count). The van der Waals surface area contributed by atoms with Gasteiger partial charge in [-0.1, -0.05) is 6.92 Å². The fourth-order valence-electron chi connectivity index (χ4n) is 1.37. The molecule has 1 heterocycles. The Balaban J connectivity index is 2.62. The van der Waals surface area contributed by atoms with Crippen molar-refractivity contribution >= 4 is 11.8 Å². The lowest BCUT2D eigenvalue weighted by Gasteiger charge is -2.27. The molecule has 0 bridgehead atoms. The van der Waals surface area contributed by atoms with E-state index in [0.717, 1.165) is 0 Å². The van der Waals surface area contributed by atoms with E-state index in [-0.39, 0.29) is 18.8 Å². The first-order valence-electron chi connectivity index (χ1n) is 4.12. The number of likely N-dealkylation sites (tertiary alicyclic amines) is 1. The second-order valence-electron chi connectivity index (χ2n) is 3.30. The second kappa shape index (κ2) is 3.81. The molecule has 0 spiro atoms. The Kier molecular flexibility index (Phi) is 2.95. The zero-order valence-corrected chi connectivity index (χ0v) is 7.30. The second-order valence-corrected chi connectivity index (χ2v) is 3.30. The Morgan fingerprint density at radius 3 is 2.23 bits per heavy atom. The quantitative estimate of drug-likeness (QED) is 0.611. The third kappa shape index (κ3) is 2.47. The zero-order chi connectivity index (χ0) is 10.0. The Hall–Kier alpha value is -1.00. The fraction of sp³-hybridized carbons (Fsp3) is 0.750. The number of amides is 2. The van der Waals surface area contributed by atoms with E-state index in [2.05, 4.69) is 0 Å². The number of hydrogen-bond acceptors (Lipinski definition) is 2. The van der Waals surface area contributed by atoms with Gasteiger partial charge in [0.1, 0.15) is 0 Å². The van der Waals surface area contributed by atoms with Crippen LogP contribution < -0.4 is 0 Å². The third-order valence-corrected chi connectivity index (χ3v) is 1.97. The van der Waals surface area contributed by atoms with Gasteiger partial charge in [0.25, 0.3) is 6.43 Å². The van der Waals surface area contributed by atoms with E-state index in [1.807, 2.05) is 0 Å². The molecule has 0 N–H and O–H groups in total. The highest BCUT2D eigenvalue weighted by Crippen LogP contribution is 2.19. The molecule has 0 unspecified atom stereocenters. The number of carbonyl (C=O) groups is 2. The van der Waals surface area contributed by atoms with Crippen LogP contribution >= 0.6 is 0 Å². The molecule has 1 aliphatic heterocycles. The third-order valence-electron chi connectivity index (χ3n) is 1.97. The van der Waals surface area contributed by atoms with Crippen molar-refractivity contribution in [2.45, 2.75) is 26.2 Å². The standard InChI is InChI=1S/C8H11F2NO2/c1-5-2-7(12)11(4-6(9)10)8(13)3-5/h5-6H,2-4H2,1H3. The summed E-state index contributed by atoms with van der Waals surface area (Å²) in [5.74, 6) is -0.984. The van der Waals surface area contributed by atoms with Gasteiger partial charge >= 0.3 is 0 Å². The van der Waals surface area contributed by atoms with Crippen LogP contribution in [0.4, 0.5) is 8.78 Å². The number of halogens is 2. The monoisotopic (exact) mass is 191 g/mol. The molecule has 0 aromatic carbocycles. The molecule has 74 valence electrons. The number of nitrogens with zero attached hydrogens (tertiary/aromatic N) is 1. The van der Waals surface area contributed by atoms with Crippen molar-refractivity contribution in [3.05, 3.63) is 0 Å². The van der Waals surface area contributed by atoms with Gasteiger partial charge < -0.3 is 0 Å². The van der Waals surface area contributed by atoms with Gasteiger partial charge in [0, 0.05) is 12.8 Å². The summed E-state index contributed by atoms with van der Waals surface area (Å²) in [5, 5.41) is 0. The number of rotatable bonds is 2. The van der Waals surface area contributed by atoms with Crippen LogP contribution in [0.25, 0.3) is 0 Å². The molecule has 0 radical (unpaired) electrons. The zero-order valence-electron chi connectivity index (χ0n) is 7.30. The van der Waals surface area contributed by atoms with Crippen molar-refractivity contribution in [3.63, 3.8) is 0 Å². The molecule has 1 saturated heterocycles. The normalized spacial score (nSPS) is 20.2. The first kappa shape index (κ1) is 10.1. The van der Waals surface area contributed by atoms with Crippen LogP contribution in [0.5, 0.6) is 0 Å². The molecular weight excluding hydrogens is 180 g/mol. The van der Waals surface area contributed by atoms with Gasteiger partial charge in [0.05, 0.1) is 6.54 Å². The first-order valence-corrected chi connectivity index (χ1v) is 4.12. The molecule has 13 heavy (non-hydrogen) atoms. The molecule has 1 aliphatic rings. The minimum absolute atomic E-state index is 0.0195. The molecule has 0 aromatic heterocycles. The fourth-order valence-corrected chi connectivity index (χ4v) is 1.37. The average molecular weight is 191 g/mol. The Morgan fingerprint density at radius 1 is 1.38 bits per heavy atom. The summed E-state index contributed by atoms with van der Waals surface area (Å²) < 4.78 is 23.8. The number of piperidine rings is 1. The van der Waals surface area contributed by atoms with Crippen LogP contribution in [-0.2, 0) is 9.59 Å². The maximum Gasteiger partial charge on any atom is 0.256 e. The van der Waals surface area contributed by atoms with Crippen LogP contribution in [-0.4, -0.2) is 29.7 Å². The average Bonchev–Trinajstić information content (AvgIpc) is 1.96. The van der Waals surface area contributed by atoms with Crippen LogP contribution in [0.2, 0.25) is 0 Å². The van der Waals surface area contributed by atoms with Crippen molar-refractivity contribution in [2.24, 2.45) is 5.92 Å². The number of imide groups is 1. The molecule has 0 aromatic rings. The Morgan fingerprint density at radius 2 is 1.85 bits per heavy atom. The van der Waals surface area contributed by atoms with E-state index in [0.29, 0.717) is 4.90 Å². The number of alkyl halides is 2. The summed E-state index contributed by atoms with van der Waals surface area (Å²) in [6.07, 6.45) is -2.25. The van der Waals surface area contributed by atoms with Crippen LogP contribution in [0.3, 0.4) is 0 Å². The lowest BCUT2D eigenvalue weighted by atomic mass is 9.98. The minimum atomic E-state index is -2.64. The highest BCUT2D eigenvalue weighted by Gasteiger charge is 2.31. The van der Waals surface area contributed by atoms with Crippen molar-refractivity contribution in [1.29, 1.82) is 0 Å². The van der Waals surface area contributed by atoms with Gasteiger partial charge in [-0.25, -0.2) is 8.78 Å². The first-order chi connectivity index (χ1) is 6.00. The van der Waals surface area contributed by atoms with Crippen LogP contribution in [0.15, 0.2) is 0 Å². The van der Waals surface area contributed by atoms with E-state index < -0.39 is 24.8 Å². The highest BCUT2D eigenvalue weighted by molar-refractivity contribution is 5.97. The van der Waals surface area contributed by atoms with E-state index in [9.17, 15) is 18.4 Å². The topological polar surface area (TPSA) is 37.4 Å². The summed E-state index contributed by atoms with van der Waals surface area (Å²) in [7, 11) is 0. The van der Waals surface area contributed by atoms with Gasteiger partial charge in [0.2, 0.25) is 11.8 Å². The van der Waals surface area contributed by atoms with Crippen molar-refractivity contribution in [3.8, 4) is 0 Å². The summed E-state index contributed by atoms with van der Waals surface area (Å²) in [5.41, 5.74) is 0. The molecule has 0 aliphatic carbocycles. The summed E-state index contributed by atoms with van der Waals surface area (Å²) in [6.45, 7) is 1.000. The molecule has 0 saturated carbocycles. The smallest absolute Gasteiger partial charge is 0.256 e. The number of carbonyl (C=O) groups excluding carboxylic acids is 2. The van der Waals surface area contributed by atoms with Crippen LogP contribution in [0, 0.1) is 5.92 Å². The van der Waals surface area contributed by atoms with Crippen molar-refractivity contribution < 1.29 is 18.4 Å². The van der Waals surface area contributed by atoms with E-state index >= 15 is 0 Å². The van der Waals surface area contributed by atoms with E-state index in [1.54, 1.807) is 6.92 Å². The van der Waals surface area contributed by atoms with Gasteiger partial charge in [-0.2, -0.15) is 0 Å². The lowest BCUT2D eigenvalue weighted by molar-refractivity contribution is -0.152. The Bertz CT molecular complexity index is 212. The van der Waals surface area contributed by atoms with E-state index in [4.69, 9.17) is 0 Å². The highest BCUT2D eigenvalue weighted by atomic mass is 19.3. The molecule has 2 amide bonds. The Labute approximate surface area is 74.7 Å². The van der Waals surface area contributed by atoms with Crippen LogP contribution in [0.1, 0.15) is 19.8 Å². The molecule has 3 nitrogen and oxygen atoms in total. The molecular formula is C8H11F2NO2. The predicted molar refractivity (Wildman–Crippen MR) is 41.1 cm³/mol. The maximum atomic E-state index is 11.9. The van der Waals surface area contributed by atoms with Gasteiger partial charge in [-0.05, 0) is 5.92 Å². The van der Waals surface area contributed by atoms with Crippen molar-refractivity contribution in [1.82, 2.24) is 4.90 Å². The molecule has 5 heteroatoms. The van der Waals surface area contributed by atoms with Gasteiger partial charge in [-0.3, -0.25) is 14.5 Å². The summed E-state index contributed by atoms with van der Waals surface area (Å²) in [4.78, 5) is 22.9.